The van der Waals surface area contributed by atoms with Gasteiger partial charge < -0.3 is 9.90 Å². The van der Waals surface area contributed by atoms with E-state index in [4.69, 9.17) is 0 Å². The van der Waals surface area contributed by atoms with Gasteiger partial charge in [0.1, 0.15) is 17.1 Å². The smallest absolute Gasteiger partial charge is 0.113 e. The minimum atomic E-state index is -1.19. The molecule has 0 fully saturated rings. The Labute approximate surface area is 80.0 Å². The van der Waals surface area contributed by atoms with Crippen LogP contribution in [0.1, 0.15) is 13.0 Å². The number of hydrogen-bond acceptors (Lipinski definition) is 4. The van der Waals surface area contributed by atoms with E-state index in [-0.39, 0.29) is 0 Å². The van der Waals surface area contributed by atoms with E-state index >= 15 is 0 Å². The summed E-state index contributed by atoms with van der Waals surface area (Å²) in [5.41, 5.74) is 1.36. The molecule has 0 unspecified atom stereocenters. The van der Waals surface area contributed by atoms with Crippen molar-refractivity contribution in [3.63, 3.8) is 0 Å². The number of carboxylic acid groups (broad SMARTS) is 1. The molecule has 0 aliphatic carbocycles. The van der Waals surface area contributed by atoms with Gasteiger partial charge in [-0.2, -0.15) is 15.0 Å². The van der Waals surface area contributed by atoms with Crippen LogP contribution >= 0.6 is 0 Å². The predicted octanol–water partition coefficient (Wildman–Crippen LogP) is -0.258. The van der Waals surface area contributed by atoms with E-state index in [9.17, 15) is 9.90 Å². The molecule has 5 nitrogen and oxygen atoms in total. The lowest BCUT2D eigenvalue weighted by Crippen LogP contribution is -2.32. The maximum absolute atomic E-state index is 10.6. The second-order valence-corrected chi connectivity index (χ2v) is 3.00. The summed E-state index contributed by atoms with van der Waals surface area (Å²) in [4.78, 5) is 11.7. The quantitative estimate of drug-likeness (QED) is 0.654. The number of nitrogens with zero attached hydrogens (tertiary/aromatic N) is 3. The van der Waals surface area contributed by atoms with Crippen molar-refractivity contribution in [3.05, 3.63) is 24.3 Å². The Kier molecular flexibility index (Phi) is 1.92. The van der Waals surface area contributed by atoms with Gasteiger partial charge in [-0.3, -0.25) is 0 Å². The van der Waals surface area contributed by atoms with Crippen molar-refractivity contribution in [2.45, 2.75) is 13.0 Å². The zero-order valence-corrected chi connectivity index (χ0v) is 7.54. The molecular weight excluding hydrogens is 182 g/mol. The largest absolute Gasteiger partial charge is 0.548 e. The fourth-order valence-electron chi connectivity index (χ4n) is 1.14. The first-order valence-electron chi connectivity index (χ1n) is 4.21. The van der Waals surface area contributed by atoms with E-state index < -0.39 is 12.0 Å². The zero-order valence-electron chi connectivity index (χ0n) is 7.54. The van der Waals surface area contributed by atoms with Crippen LogP contribution in [0.4, 0.5) is 0 Å². The number of aromatic nitrogens is 3. The van der Waals surface area contributed by atoms with Gasteiger partial charge >= 0.3 is 0 Å². The zero-order chi connectivity index (χ0) is 10.1. The number of carbonyl (C=O) groups excluding carboxylic acids is 1. The van der Waals surface area contributed by atoms with Gasteiger partial charge in [-0.1, -0.05) is 12.1 Å². The van der Waals surface area contributed by atoms with Crippen LogP contribution in [0, 0.1) is 0 Å². The number of carbonyl (C=O) groups is 1. The number of rotatable bonds is 2. The third-order valence-corrected chi connectivity index (χ3v) is 1.99. The maximum atomic E-state index is 10.6. The fraction of sp³-hybridized carbons (Fsp3) is 0.222. The third kappa shape index (κ3) is 1.32. The first-order valence-corrected chi connectivity index (χ1v) is 4.21. The normalized spacial score (nSPS) is 12.9. The molecule has 1 heterocycles. The van der Waals surface area contributed by atoms with Crippen molar-refractivity contribution >= 4 is 17.0 Å². The van der Waals surface area contributed by atoms with E-state index in [1.807, 2.05) is 12.1 Å². The minimum Gasteiger partial charge on any atom is -0.548 e. The van der Waals surface area contributed by atoms with E-state index in [1.165, 1.54) is 6.92 Å². The van der Waals surface area contributed by atoms with Crippen LogP contribution in [0.5, 0.6) is 0 Å². The van der Waals surface area contributed by atoms with Gasteiger partial charge in [-0.05, 0) is 19.1 Å². The highest BCUT2D eigenvalue weighted by atomic mass is 16.4. The van der Waals surface area contributed by atoms with Crippen LogP contribution in [0.25, 0.3) is 11.0 Å². The van der Waals surface area contributed by atoms with Crippen LogP contribution < -0.4 is 5.11 Å². The first-order chi connectivity index (χ1) is 6.68. The van der Waals surface area contributed by atoms with Gasteiger partial charge in [-0.15, -0.1) is 0 Å². The molecule has 0 saturated carbocycles. The molecule has 2 aromatic rings. The molecule has 0 aliphatic heterocycles. The lowest BCUT2D eigenvalue weighted by Gasteiger charge is -2.09. The molecular formula is C9H8N3O2-. The highest BCUT2D eigenvalue weighted by Gasteiger charge is 2.09. The van der Waals surface area contributed by atoms with E-state index in [1.54, 1.807) is 12.1 Å². The molecule has 14 heavy (non-hydrogen) atoms. The Morgan fingerprint density at radius 1 is 1.36 bits per heavy atom. The molecule has 0 saturated heterocycles. The Morgan fingerprint density at radius 2 is 1.86 bits per heavy atom. The van der Waals surface area contributed by atoms with Gasteiger partial charge in [0.2, 0.25) is 0 Å². The Hall–Kier alpha value is -1.91. The molecule has 0 N–H and O–H groups in total. The van der Waals surface area contributed by atoms with E-state index in [2.05, 4.69) is 10.2 Å². The average molecular weight is 190 g/mol. The first kappa shape index (κ1) is 8.68. The second-order valence-electron chi connectivity index (χ2n) is 3.00. The van der Waals surface area contributed by atoms with Crippen LogP contribution in [-0.4, -0.2) is 21.0 Å². The van der Waals surface area contributed by atoms with Crippen molar-refractivity contribution in [2.75, 3.05) is 0 Å². The van der Waals surface area contributed by atoms with Crippen molar-refractivity contribution < 1.29 is 9.90 Å². The van der Waals surface area contributed by atoms with Gasteiger partial charge in [0.15, 0.2) is 0 Å². The molecule has 0 bridgehead atoms. The van der Waals surface area contributed by atoms with E-state index in [0.717, 1.165) is 4.80 Å². The van der Waals surface area contributed by atoms with Crippen LogP contribution in [0.2, 0.25) is 0 Å². The number of fused-ring (bicyclic) bond motifs is 1. The second kappa shape index (κ2) is 3.10. The van der Waals surface area contributed by atoms with Crippen molar-refractivity contribution in [1.29, 1.82) is 0 Å². The Balaban J connectivity index is 2.50. The summed E-state index contributed by atoms with van der Waals surface area (Å²) in [6.07, 6.45) is 0. The van der Waals surface area contributed by atoms with Gasteiger partial charge in [0, 0.05) is 0 Å². The standard InChI is InChI=1S/C9H9N3O2/c1-6(9(13)14)12-10-7-4-2-3-5-8(7)11-12/h2-6H,1H3,(H,13,14)/p-1/t6-/m1/s1. The van der Waals surface area contributed by atoms with Crippen molar-refractivity contribution in [2.24, 2.45) is 0 Å². The average Bonchev–Trinajstić information content (AvgIpc) is 2.59. The SMILES string of the molecule is C[C@H](C(=O)[O-])n1nc2ccccc2n1. The lowest BCUT2D eigenvalue weighted by atomic mass is 10.3. The molecule has 0 aliphatic rings. The van der Waals surface area contributed by atoms with Gasteiger partial charge in [0.25, 0.3) is 0 Å². The minimum absolute atomic E-state index is 0.681. The highest BCUT2D eigenvalue weighted by molar-refractivity contribution is 5.74. The summed E-state index contributed by atoms with van der Waals surface area (Å²) in [6, 6.07) is 6.36. The summed E-state index contributed by atoms with van der Waals surface area (Å²) in [7, 11) is 0. The number of hydrogen-bond donors (Lipinski definition) is 0. The Morgan fingerprint density at radius 3 is 2.29 bits per heavy atom. The molecule has 72 valence electrons. The molecule has 0 amide bonds. The van der Waals surface area contributed by atoms with Crippen molar-refractivity contribution in [3.8, 4) is 0 Å². The summed E-state index contributed by atoms with van der Waals surface area (Å²) in [5, 5.41) is 18.6. The molecule has 2 rings (SSSR count). The molecule has 1 atom stereocenters. The van der Waals surface area contributed by atoms with Crippen LogP contribution in [-0.2, 0) is 4.79 Å². The highest BCUT2D eigenvalue weighted by Crippen LogP contribution is 2.10. The van der Waals surface area contributed by atoms with Gasteiger partial charge in [-0.25, -0.2) is 0 Å². The number of aliphatic carboxylic acids is 1. The fourth-order valence-corrected chi connectivity index (χ4v) is 1.14. The Bertz CT molecular complexity index is 445. The van der Waals surface area contributed by atoms with Gasteiger partial charge in [0.05, 0.1) is 5.97 Å². The number of benzene rings is 1. The maximum Gasteiger partial charge on any atom is 0.113 e. The van der Waals surface area contributed by atoms with Crippen LogP contribution in [0.15, 0.2) is 24.3 Å². The van der Waals surface area contributed by atoms with E-state index in [0.29, 0.717) is 11.0 Å². The van der Waals surface area contributed by atoms with Crippen molar-refractivity contribution in [1.82, 2.24) is 15.0 Å². The topological polar surface area (TPSA) is 70.8 Å². The molecule has 1 aromatic heterocycles. The molecule has 1 aromatic carbocycles. The molecule has 0 radical (unpaired) electrons. The molecule has 5 heteroatoms. The third-order valence-electron chi connectivity index (χ3n) is 1.99. The lowest BCUT2D eigenvalue weighted by molar-refractivity contribution is -0.310. The predicted molar refractivity (Wildman–Crippen MR) is 47.2 cm³/mol. The summed E-state index contributed by atoms with van der Waals surface area (Å²) in [6.45, 7) is 1.48. The summed E-state index contributed by atoms with van der Waals surface area (Å²) in [5.74, 6) is -1.19. The summed E-state index contributed by atoms with van der Waals surface area (Å²) < 4.78 is 0. The number of carboxylic acids is 1. The monoisotopic (exact) mass is 190 g/mol. The summed E-state index contributed by atoms with van der Waals surface area (Å²) >= 11 is 0. The molecule has 0 spiro atoms. The van der Waals surface area contributed by atoms with Crippen LogP contribution in [0.3, 0.4) is 0 Å².